The van der Waals surface area contributed by atoms with Gasteiger partial charge in [0.05, 0.1) is 6.54 Å². The molecule has 0 atom stereocenters. The van der Waals surface area contributed by atoms with Gasteiger partial charge in [0.15, 0.2) is 0 Å². The van der Waals surface area contributed by atoms with Crippen molar-refractivity contribution in [2.45, 2.75) is 19.8 Å². The molecular formula is C13H22N6O2. The molecule has 0 aromatic carbocycles. The van der Waals surface area contributed by atoms with Crippen LogP contribution in [0.15, 0.2) is 0 Å². The van der Waals surface area contributed by atoms with E-state index in [1.165, 1.54) is 0 Å². The summed E-state index contributed by atoms with van der Waals surface area (Å²) in [5.74, 6) is 0.988. The van der Waals surface area contributed by atoms with Crippen LogP contribution in [0.3, 0.4) is 0 Å². The van der Waals surface area contributed by atoms with Crippen molar-refractivity contribution in [1.82, 2.24) is 30.3 Å². The van der Waals surface area contributed by atoms with Crippen LogP contribution >= 0.6 is 0 Å². The smallest absolute Gasteiger partial charge is 0.293 e. The summed E-state index contributed by atoms with van der Waals surface area (Å²) in [6, 6.07) is 0. The van der Waals surface area contributed by atoms with Crippen LogP contribution < -0.4 is 5.32 Å². The molecule has 0 aliphatic carbocycles. The van der Waals surface area contributed by atoms with Crippen molar-refractivity contribution in [3.63, 3.8) is 0 Å². The Kier molecular flexibility index (Phi) is 4.89. The summed E-state index contributed by atoms with van der Waals surface area (Å²) in [5, 5.41) is 9.38. The summed E-state index contributed by atoms with van der Waals surface area (Å²) >= 11 is 0. The molecule has 1 aliphatic heterocycles. The van der Waals surface area contributed by atoms with Crippen molar-refractivity contribution < 1.29 is 9.59 Å². The van der Waals surface area contributed by atoms with Gasteiger partial charge in [0.1, 0.15) is 5.82 Å². The lowest BCUT2D eigenvalue weighted by Crippen LogP contribution is -2.51. The second kappa shape index (κ2) is 6.66. The van der Waals surface area contributed by atoms with Gasteiger partial charge in [0, 0.05) is 39.1 Å². The largest absolute Gasteiger partial charge is 0.358 e. The Bertz CT molecular complexity index is 505. The molecule has 0 saturated carbocycles. The van der Waals surface area contributed by atoms with Crippen LogP contribution in [0.4, 0.5) is 0 Å². The minimum absolute atomic E-state index is 0.00896. The lowest BCUT2D eigenvalue weighted by molar-refractivity contribution is -0.122. The lowest BCUT2D eigenvalue weighted by atomic mass is 10.2. The van der Waals surface area contributed by atoms with Gasteiger partial charge in [-0.25, -0.2) is 4.98 Å². The number of hydrogen-bond acceptors (Lipinski definition) is 5. The molecule has 116 valence electrons. The third kappa shape index (κ3) is 3.78. The molecule has 1 aliphatic rings. The van der Waals surface area contributed by atoms with Crippen LogP contribution in [0.2, 0.25) is 0 Å². The van der Waals surface area contributed by atoms with Crippen LogP contribution in [0.5, 0.6) is 0 Å². The summed E-state index contributed by atoms with van der Waals surface area (Å²) in [7, 11) is 1.62. The maximum Gasteiger partial charge on any atom is 0.293 e. The molecule has 2 N–H and O–H groups in total. The first-order chi connectivity index (χ1) is 10.0. The fourth-order valence-corrected chi connectivity index (χ4v) is 2.16. The van der Waals surface area contributed by atoms with Crippen LogP contribution in [0, 0.1) is 0 Å². The van der Waals surface area contributed by atoms with Crippen LogP contribution in [-0.4, -0.2) is 76.6 Å². The minimum atomic E-state index is -0.155. The third-order valence-electron chi connectivity index (χ3n) is 3.55. The average Bonchev–Trinajstić information content (AvgIpc) is 2.97. The number of H-pyrrole nitrogens is 1. The molecule has 8 heteroatoms. The van der Waals surface area contributed by atoms with Crippen LogP contribution in [-0.2, 0) is 4.79 Å². The number of amides is 2. The number of aromatic amines is 1. The molecule has 2 heterocycles. The summed E-state index contributed by atoms with van der Waals surface area (Å²) in [6.07, 6.45) is 0. The molecule has 0 unspecified atom stereocenters. The second-order valence-electron chi connectivity index (χ2n) is 5.44. The predicted molar refractivity (Wildman–Crippen MR) is 76.9 cm³/mol. The van der Waals surface area contributed by atoms with Crippen LogP contribution in [0.1, 0.15) is 36.2 Å². The monoisotopic (exact) mass is 294 g/mol. The van der Waals surface area contributed by atoms with Gasteiger partial charge in [-0.05, 0) is 0 Å². The number of carbonyl (C=O) groups excluding carboxylic acids is 2. The molecule has 1 aromatic heterocycles. The average molecular weight is 294 g/mol. The number of piperazine rings is 1. The van der Waals surface area contributed by atoms with E-state index in [9.17, 15) is 9.59 Å². The first kappa shape index (κ1) is 15.4. The number of nitrogens with one attached hydrogen (secondary N) is 2. The first-order valence-electron chi connectivity index (χ1n) is 7.15. The summed E-state index contributed by atoms with van der Waals surface area (Å²) < 4.78 is 0. The molecular weight excluding hydrogens is 272 g/mol. The Balaban J connectivity index is 1.89. The fraction of sp³-hybridized carbons (Fsp3) is 0.692. The Morgan fingerprint density at radius 2 is 1.95 bits per heavy atom. The van der Waals surface area contributed by atoms with Gasteiger partial charge >= 0.3 is 0 Å². The maximum atomic E-state index is 12.3. The van der Waals surface area contributed by atoms with Gasteiger partial charge in [0.25, 0.3) is 5.91 Å². The predicted octanol–water partition coefficient (Wildman–Crippen LogP) is -0.568. The van der Waals surface area contributed by atoms with Gasteiger partial charge in [-0.15, -0.1) is 5.10 Å². The maximum absolute atomic E-state index is 12.3. The molecule has 2 amide bonds. The normalized spacial score (nSPS) is 16.3. The summed E-state index contributed by atoms with van der Waals surface area (Å²) in [4.78, 5) is 31.6. The quantitative estimate of drug-likeness (QED) is 0.776. The van der Waals surface area contributed by atoms with E-state index in [-0.39, 0.29) is 23.6 Å². The summed E-state index contributed by atoms with van der Waals surface area (Å²) in [6.45, 7) is 6.89. The molecule has 0 radical (unpaired) electrons. The third-order valence-corrected chi connectivity index (χ3v) is 3.55. The Hall–Kier alpha value is -1.96. The topological polar surface area (TPSA) is 94.2 Å². The molecule has 0 spiro atoms. The van der Waals surface area contributed by atoms with Crippen molar-refractivity contribution in [3.8, 4) is 0 Å². The van der Waals surface area contributed by atoms with E-state index in [2.05, 4.69) is 20.5 Å². The van der Waals surface area contributed by atoms with E-state index in [1.54, 1.807) is 11.9 Å². The molecule has 0 bridgehead atoms. The highest BCUT2D eigenvalue weighted by molar-refractivity contribution is 5.90. The number of nitrogens with zero attached hydrogens (tertiary/aromatic N) is 4. The van der Waals surface area contributed by atoms with E-state index in [4.69, 9.17) is 0 Å². The van der Waals surface area contributed by atoms with Gasteiger partial charge in [-0.2, -0.15) is 0 Å². The molecule has 1 saturated heterocycles. The molecule has 2 rings (SSSR count). The second-order valence-corrected chi connectivity index (χ2v) is 5.44. The van der Waals surface area contributed by atoms with Gasteiger partial charge in [-0.1, -0.05) is 13.8 Å². The number of hydrogen-bond donors (Lipinski definition) is 2. The van der Waals surface area contributed by atoms with Gasteiger partial charge < -0.3 is 10.2 Å². The van der Waals surface area contributed by atoms with Gasteiger partial charge in [0.2, 0.25) is 11.7 Å². The van der Waals surface area contributed by atoms with E-state index < -0.39 is 0 Å². The van der Waals surface area contributed by atoms with Crippen LogP contribution in [0.25, 0.3) is 0 Å². The van der Waals surface area contributed by atoms with Crippen molar-refractivity contribution >= 4 is 11.8 Å². The highest BCUT2D eigenvalue weighted by atomic mass is 16.2. The number of aromatic nitrogens is 3. The molecule has 8 nitrogen and oxygen atoms in total. The molecule has 1 aromatic rings. The Labute approximate surface area is 123 Å². The van der Waals surface area contributed by atoms with E-state index in [1.807, 2.05) is 18.7 Å². The summed E-state index contributed by atoms with van der Waals surface area (Å²) in [5.41, 5.74) is 0. The zero-order chi connectivity index (χ0) is 15.4. The zero-order valence-electron chi connectivity index (χ0n) is 12.7. The number of carbonyl (C=O) groups is 2. The van der Waals surface area contributed by atoms with Gasteiger partial charge in [-0.3, -0.25) is 19.6 Å². The van der Waals surface area contributed by atoms with Crippen molar-refractivity contribution in [3.05, 3.63) is 11.6 Å². The van der Waals surface area contributed by atoms with Crippen molar-refractivity contribution in [2.75, 3.05) is 39.8 Å². The van der Waals surface area contributed by atoms with E-state index in [0.717, 1.165) is 5.82 Å². The molecule has 21 heavy (non-hydrogen) atoms. The van der Waals surface area contributed by atoms with Crippen molar-refractivity contribution in [2.24, 2.45) is 0 Å². The highest BCUT2D eigenvalue weighted by Crippen LogP contribution is 2.10. The van der Waals surface area contributed by atoms with E-state index >= 15 is 0 Å². The Morgan fingerprint density at radius 3 is 2.48 bits per heavy atom. The first-order valence-corrected chi connectivity index (χ1v) is 7.15. The van der Waals surface area contributed by atoms with E-state index in [0.29, 0.717) is 32.7 Å². The highest BCUT2D eigenvalue weighted by Gasteiger charge is 2.25. The van der Waals surface area contributed by atoms with Crippen molar-refractivity contribution in [1.29, 1.82) is 0 Å². The zero-order valence-corrected chi connectivity index (χ0v) is 12.7. The fourth-order valence-electron chi connectivity index (χ4n) is 2.16. The molecule has 1 fully saturated rings. The SMILES string of the molecule is CNC(=O)CN1CCN(C(=O)c2n[nH]c(C(C)C)n2)CC1. The number of likely N-dealkylation sites (N-methyl/N-ethyl adjacent to an activating group) is 1. The Morgan fingerprint density at radius 1 is 1.29 bits per heavy atom. The minimum Gasteiger partial charge on any atom is -0.358 e. The standard InChI is InChI=1S/C13H22N6O2/c1-9(2)11-15-12(17-16-11)13(21)19-6-4-18(5-7-19)8-10(20)14-3/h9H,4-8H2,1-3H3,(H,14,20)(H,15,16,17). The lowest BCUT2D eigenvalue weighted by Gasteiger charge is -2.33. The number of rotatable bonds is 4.